The lowest BCUT2D eigenvalue weighted by Gasteiger charge is -2.07. The lowest BCUT2D eigenvalue weighted by atomic mass is 10.2. The van der Waals surface area contributed by atoms with Crippen LogP contribution in [0.5, 0.6) is 5.75 Å². The van der Waals surface area contributed by atoms with Gasteiger partial charge in [-0.3, -0.25) is 15.2 Å². The highest BCUT2D eigenvalue weighted by molar-refractivity contribution is 7.71. The number of rotatable bonds is 5. The van der Waals surface area contributed by atoms with Crippen LogP contribution in [0.2, 0.25) is 0 Å². The van der Waals surface area contributed by atoms with Crippen molar-refractivity contribution in [3.8, 4) is 5.75 Å². The van der Waals surface area contributed by atoms with E-state index in [4.69, 9.17) is 17.0 Å². The Bertz CT molecular complexity index is 692. The van der Waals surface area contributed by atoms with Gasteiger partial charge in [-0.1, -0.05) is 0 Å². The molecule has 8 heteroatoms. The Kier molecular flexibility index (Phi) is 4.14. The maximum atomic E-state index is 10.7. The maximum Gasteiger partial charge on any atom is 0.272 e. The molecule has 0 spiro atoms. The minimum atomic E-state index is -0.415. The molecule has 0 atom stereocenters. The van der Waals surface area contributed by atoms with Crippen molar-refractivity contribution in [3.63, 3.8) is 0 Å². The van der Waals surface area contributed by atoms with Crippen molar-refractivity contribution in [2.75, 3.05) is 0 Å². The van der Waals surface area contributed by atoms with Gasteiger partial charge in [0.25, 0.3) is 5.69 Å². The van der Waals surface area contributed by atoms with Crippen LogP contribution in [-0.2, 0) is 13.2 Å². The number of aryl methyl sites for hydroxylation is 1. The summed E-state index contributed by atoms with van der Waals surface area (Å²) in [5, 5.41) is 17.5. The van der Waals surface area contributed by atoms with Gasteiger partial charge in [-0.2, -0.15) is 5.10 Å². The van der Waals surface area contributed by atoms with E-state index in [0.29, 0.717) is 28.5 Å². The molecule has 0 aliphatic carbocycles. The predicted molar refractivity (Wildman–Crippen MR) is 75.3 cm³/mol. The van der Waals surface area contributed by atoms with Crippen LogP contribution in [0.3, 0.4) is 0 Å². The lowest BCUT2D eigenvalue weighted by Crippen LogP contribution is -2.06. The Balaban J connectivity index is 2.13. The van der Waals surface area contributed by atoms with E-state index in [-0.39, 0.29) is 12.3 Å². The van der Waals surface area contributed by atoms with Gasteiger partial charge in [0, 0.05) is 18.2 Å². The molecule has 7 nitrogen and oxygen atoms in total. The fraction of sp³-hybridized carbons (Fsp3) is 0.333. The summed E-state index contributed by atoms with van der Waals surface area (Å²) in [4.78, 5) is 10.3. The molecule has 0 aliphatic heterocycles. The third kappa shape index (κ3) is 2.85. The molecule has 2 aromatic rings. The first-order valence-corrected chi connectivity index (χ1v) is 6.45. The average Bonchev–Trinajstić information content (AvgIpc) is 2.76. The zero-order chi connectivity index (χ0) is 14.7. The summed E-state index contributed by atoms with van der Waals surface area (Å²) in [5.74, 6) is 1.25. The molecule has 20 heavy (non-hydrogen) atoms. The molecule has 0 unspecified atom stereocenters. The minimum Gasteiger partial charge on any atom is -0.486 e. The topological polar surface area (TPSA) is 86.0 Å². The number of hydrogen-bond acceptors (Lipinski definition) is 5. The molecule has 0 bridgehead atoms. The van der Waals surface area contributed by atoms with Gasteiger partial charge in [-0.05, 0) is 38.2 Å². The van der Waals surface area contributed by atoms with E-state index in [2.05, 4.69) is 10.2 Å². The molecule has 0 saturated heterocycles. The average molecular weight is 294 g/mol. The number of nitro benzene ring substituents is 1. The number of nitro groups is 1. The van der Waals surface area contributed by atoms with Crippen molar-refractivity contribution >= 4 is 17.9 Å². The number of nitrogens with zero attached hydrogens (tertiary/aromatic N) is 3. The van der Waals surface area contributed by atoms with Gasteiger partial charge in [0.2, 0.25) is 0 Å². The first-order valence-electron chi connectivity index (χ1n) is 6.05. The molecule has 0 fully saturated rings. The first kappa shape index (κ1) is 14.2. The van der Waals surface area contributed by atoms with E-state index in [1.807, 2.05) is 11.5 Å². The minimum absolute atomic E-state index is 0.0774. The van der Waals surface area contributed by atoms with Gasteiger partial charge in [0.1, 0.15) is 12.4 Å². The third-order valence-electron chi connectivity index (χ3n) is 2.89. The van der Waals surface area contributed by atoms with Crippen LogP contribution in [0, 0.1) is 21.8 Å². The highest BCUT2D eigenvalue weighted by Gasteiger charge is 2.11. The molecular formula is C12H14N4O3S. The zero-order valence-corrected chi connectivity index (χ0v) is 11.9. The molecule has 0 saturated carbocycles. The second kappa shape index (κ2) is 5.83. The second-order valence-corrected chi connectivity index (χ2v) is 4.57. The van der Waals surface area contributed by atoms with E-state index < -0.39 is 4.92 Å². The van der Waals surface area contributed by atoms with Crippen LogP contribution in [0.1, 0.15) is 18.3 Å². The van der Waals surface area contributed by atoms with E-state index in [1.54, 1.807) is 19.1 Å². The smallest absolute Gasteiger partial charge is 0.272 e. The quantitative estimate of drug-likeness (QED) is 0.520. The standard InChI is InChI=1S/C12H14N4O3S/c1-3-15-11(13-14-12(15)20)7-19-9-4-5-10(16(17)18)8(2)6-9/h4-6H,3,7H2,1-2H3,(H,14,20). The summed E-state index contributed by atoms with van der Waals surface area (Å²) in [5.41, 5.74) is 0.635. The number of ether oxygens (including phenoxy) is 1. The summed E-state index contributed by atoms with van der Waals surface area (Å²) in [6.45, 7) is 4.59. The van der Waals surface area contributed by atoms with E-state index >= 15 is 0 Å². The molecular weight excluding hydrogens is 280 g/mol. The van der Waals surface area contributed by atoms with Gasteiger partial charge >= 0.3 is 0 Å². The van der Waals surface area contributed by atoms with E-state index in [0.717, 1.165) is 0 Å². The first-order chi connectivity index (χ1) is 9.52. The monoisotopic (exact) mass is 294 g/mol. The van der Waals surface area contributed by atoms with E-state index in [9.17, 15) is 10.1 Å². The van der Waals surface area contributed by atoms with Crippen molar-refractivity contribution in [1.82, 2.24) is 14.8 Å². The van der Waals surface area contributed by atoms with Crippen LogP contribution in [-0.4, -0.2) is 19.7 Å². The lowest BCUT2D eigenvalue weighted by molar-refractivity contribution is -0.385. The van der Waals surface area contributed by atoms with Crippen LogP contribution < -0.4 is 4.74 Å². The largest absolute Gasteiger partial charge is 0.486 e. The highest BCUT2D eigenvalue weighted by atomic mass is 32.1. The van der Waals surface area contributed by atoms with Gasteiger partial charge in [-0.15, -0.1) is 0 Å². The number of nitrogens with one attached hydrogen (secondary N) is 1. The molecule has 1 N–H and O–H groups in total. The molecule has 1 heterocycles. The molecule has 0 radical (unpaired) electrons. The molecule has 0 aliphatic rings. The van der Waals surface area contributed by atoms with E-state index in [1.165, 1.54) is 6.07 Å². The number of H-pyrrole nitrogens is 1. The molecule has 1 aromatic carbocycles. The van der Waals surface area contributed by atoms with Gasteiger partial charge < -0.3 is 9.30 Å². The Morgan fingerprint density at radius 3 is 2.90 bits per heavy atom. The van der Waals surface area contributed by atoms with Crippen molar-refractivity contribution in [2.45, 2.75) is 27.0 Å². The SMILES string of the molecule is CCn1c(COc2ccc([N+](=O)[O-])c(C)c2)n[nH]c1=S. The Labute approximate surface area is 120 Å². The highest BCUT2D eigenvalue weighted by Crippen LogP contribution is 2.23. The Morgan fingerprint density at radius 2 is 2.30 bits per heavy atom. The number of benzene rings is 1. The summed E-state index contributed by atoms with van der Waals surface area (Å²) >= 11 is 5.08. The van der Waals surface area contributed by atoms with Crippen molar-refractivity contribution in [3.05, 3.63) is 44.5 Å². The Morgan fingerprint density at radius 1 is 1.55 bits per heavy atom. The van der Waals surface area contributed by atoms with Gasteiger partial charge in [0.15, 0.2) is 10.6 Å². The van der Waals surface area contributed by atoms with Gasteiger partial charge in [0.05, 0.1) is 4.92 Å². The van der Waals surface area contributed by atoms with Crippen molar-refractivity contribution < 1.29 is 9.66 Å². The zero-order valence-electron chi connectivity index (χ0n) is 11.1. The van der Waals surface area contributed by atoms with Crippen molar-refractivity contribution in [1.29, 1.82) is 0 Å². The normalized spacial score (nSPS) is 10.5. The summed E-state index contributed by atoms with van der Waals surface area (Å²) < 4.78 is 7.97. The number of aromatic amines is 1. The van der Waals surface area contributed by atoms with Crippen LogP contribution >= 0.6 is 12.2 Å². The fourth-order valence-corrected chi connectivity index (χ4v) is 2.14. The van der Waals surface area contributed by atoms with Crippen LogP contribution in [0.15, 0.2) is 18.2 Å². The summed E-state index contributed by atoms with van der Waals surface area (Å²) in [6, 6.07) is 4.64. The Hall–Kier alpha value is -2.22. The molecule has 106 valence electrons. The summed E-state index contributed by atoms with van der Waals surface area (Å²) in [6.07, 6.45) is 0. The second-order valence-electron chi connectivity index (χ2n) is 4.18. The maximum absolute atomic E-state index is 10.7. The predicted octanol–water partition coefficient (Wildman–Crippen LogP) is 2.76. The number of aromatic nitrogens is 3. The van der Waals surface area contributed by atoms with Gasteiger partial charge in [-0.25, -0.2) is 0 Å². The van der Waals surface area contributed by atoms with Crippen LogP contribution in [0.25, 0.3) is 0 Å². The number of hydrogen-bond donors (Lipinski definition) is 1. The molecule has 1 aromatic heterocycles. The summed E-state index contributed by atoms with van der Waals surface area (Å²) in [7, 11) is 0. The third-order valence-corrected chi connectivity index (χ3v) is 3.20. The van der Waals surface area contributed by atoms with Crippen LogP contribution in [0.4, 0.5) is 5.69 Å². The van der Waals surface area contributed by atoms with Crippen molar-refractivity contribution in [2.24, 2.45) is 0 Å². The molecule has 2 rings (SSSR count). The molecule has 0 amide bonds. The fourth-order valence-electron chi connectivity index (χ4n) is 1.86.